The lowest BCUT2D eigenvalue weighted by Crippen LogP contribution is -2.26. The zero-order valence-corrected chi connectivity index (χ0v) is 12.2. The van der Waals surface area contributed by atoms with E-state index in [1.807, 2.05) is 24.3 Å². The molecule has 1 fully saturated rings. The van der Waals surface area contributed by atoms with Crippen molar-refractivity contribution in [3.63, 3.8) is 0 Å². The van der Waals surface area contributed by atoms with Gasteiger partial charge in [-0.15, -0.1) is 0 Å². The van der Waals surface area contributed by atoms with E-state index < -0.39 is 0 Å². The Bertz CT molecular complexity index is 456. The highest BCUT2D eigenvalue weighted by Crippen LogP contribution is 2.31. The van der Waals surface area contributed by atoms with Crippen LogP contribution in [0.2, 0.25) is 0 Å². The van der Waals surface area contributed by atoms with E-state index in [0.717, 1.165) is 35.8 Å². The second-order valence-corrected chi connectivity index (χ2v) is 5.88. The first-order valence-electron chi connectivity index (χ1n) is 7.28. The van der Waals surface area contributed by atoms with Crippen LogP contribution in [0.15, 0.2) is 29.4 Å². The molecule has 1 aliphatic rings. The largest absolute Gasteiger partial charge is 0.409 e. The van der Waals surface area contributed by atoms with E-state index in [9.17, 15) is 0 Å². The number of rotatable bonds is 4. The molecule has 110 valence electrons. The first kappa shape index (κ1) is 14.9. The summed E-state index contributed by atoms with van der Waals surface area (Å²) >= 11 is 0. The van der Waals surface area contributed by atoms with Crippen LogP contribution in [0.4, 0.5) is 0 Å². The second kappa shape index (κ2) is 6.75. The van der Waals surface area contributed by atoms with Gasteiger partial charge >= 0.3 is 0 Å². The Balaban J connectivity index is 1.85. The monoisotopic (exact) mass is 276 g/mol. The fraction of sp³-hybridized carbons (Fsp3) is 0.562. The lowest BCUT2D eigenvalue weighted by Gasteiger charge is -2.32. The van der Waals surface area contributed by atoms with Crippen LogP contribution in [-0.2, 0) is 11.3 Å². The topological polar surface area (TPSA) is 67.8 Å². The molecule has 3 unspecified atom stereocenters. The summed E-state index contributed by atoms with van der Waals surface area (Å²) in [5.41, 5.74) is 7.37. The molecule has 20 heavy (non-hydrogen) atoms. The highest BCUT2D eigenvalue weighted by molar-refractivity contribution is 5.96. The third-order valence-electron chi connectivity index (χ3n) is 4.39. The van der Waals surface area contributed by atoms with Crippen molar-refractivity contribution >= 4 is 5.84 Å². The van der Waals surface area contributed by atoms with Crippen LogP contribution in [0.1, 0.15) is 44.2 Å². The minimum atomic E-state index is 0.132. The van der Waals surface area contributed by atoms with E-state index >= 15 is 0 Å². The van der Waals surface area contributed by atoms with E-state index in [1.54, 1.807) is 0 Å². The first-order valence-corrected chi connectivity index (χ1v) is 7.28. The molecule has 1 aromatic carbocycles. The van der Waals surface area contributed by atoms with Gasteiger partial charge in [0.1, 0.15) is 0 Å². The van der Waals surface area contributed by atoms with Gasteiger partial charge in [-0.25, -0.2) is 0 Å². The quantitative estimate of drug-likeness (QED) is 0.384. The van der Waals surface area contributed by atoms with Crippen molar-refractivity contribution in [3.05, 3.63) is 35.4 Å². The SMILES string of the molecule is CC1CCC(OCc2ccc(C(N)=NO)cc2)CC1C. The van der Waals surface area contributed by atoms with E-state index in [1.165, 1.54) is 6.42 Å². The summed E-state index contributed by atoms with van der Waals surface area (Å²) in [6.07, 6.45) is 3.95. The van der Waals surface area contributed by atoms with E-state index in [-0.39, 0.29) is 5.84 Å². The van der Waals surface area contributed by atoms with Crippen LogP contribution in [0.3, 0.4) is 0 Å². The summed E-state index contributed by atoms with van der Waals surface area (Å²) < 4.78 is 6.00. The molecule has 0 aromatic heterocycles. The lowest BCUT2D eigenvalue weighted by molar-refractivity contribution is -0.00745. The number of oxime groups is 1. The van der Waals surface area contributed by atoms with Gasteiger partial charge in [-0.2, -0.15) is 0 Å². The van der Waals surface area contributed by atoms with E-state index in [4.69, 9.17) is 15.7 Å². The number of hydrogen-bond donors (Lipinski definition) is 2. The van der Waals surface area contributed by atoms with Gasteiger partial charge in [0.25, 0.3) is 0 Å². The smallest absolute Gasteiger partial charge is 0.170 e. The number of amidine groups is 1. The summed E-state index contributed by atoms with van der Waals surface area (Å²) in [5.74, 6) is 1.69. The molecule has 0 bridgehead atoms. The van der Waals surface area contributed by atoms with E-state index in [0.29, 0.717) is 12.7 Å². The maximum absolute atomic E-state index is 8.62. The van der Waals surface area contributed by atoms with Crippen LogP contribution < -0.4 is 5.73 Å². The summed E-state index contributed by atoms with van der Waals surface area (Å²) in [6.45, 7) is 5.26. The highest BCUT2D eigenvalue weighted by Gasteiger charge is 2.24. The Morgan fingerprint density at radius 2 is 1.95 bits per heavy atom. The molecular formula is C16H24N2O2. The summed E-state index contributed by atoms with van der Waals surface area (Å²) in [6, 6.07) is 7.61. The molecule has 3 atom stereocenters. The number of nitrogens with zero attached hydrogens (tertiary/aromatic N) is 1. The van der Waals surface area contributed by atoms with Gasteiger partial charge in [0.2, 0.25) is 0 Å². The molecule has 0 aliphatic heterocycles. The van der Waals surface area contributed by atoms with Gasteiger partial charge in [0.05, 0.1) is 12.7 Å². The molecule has 1 saturated carbocycles. The number of nitrogens with two attached hydrogens (primary N) is 1. The van der Waals surface area contributed by atoms with Gasteiger partial charge in [-0.3, -0.25) is 0 Å². The van der Waals surface area contributed by atoms with Crippen molar-refractivity contribution in [2.75, 3.05) is 0 Å². The Morgan fingerprint density at radius 1 is 1.25 bits per heavy atom. The Morgan fingerprint density at radius 3 is 2.55 bits per heavy atom. The Labute approximate surface area is 120 Å². The average molecular weight is 276 g/mol. The van der Waals surface area contributed by atoms with Crippen LogP contribution >= 0.6 is 0 Å². The van der Waals surface area contributed by atoms with Crippen LogP contribution in [0.25, 0.3) is 0 Å². The molecule has 0 saturated heterocycles. The number of hydrogen-bond acceptors (Lipinski definition) is 3. The third-order valence-corrected chi connectivity index (χ3v) is 4.39. The minimum Gasteiger partial charge on any atom is -0.409 e. The van der Waals surface area contributed by atoms with Crippen molar-refractivity contribution in [1.82, 2.24) is 0 Å². The van der Waals surface area contributed by atoms with Gasteiger partial charge < -0.3 is 15.7 Å². The lowest BCUT2D eigenvalue weighted by atomic mass is 9.80. The zero-order chi connectivity index (χ0) is 14.5. The standard InChI is InChI=1S/C16H24N2O2/c1-11-3-8-15(9-12(11)2)20-10-13-4-6-14(7-5-13)16(17)18-19/h4-7,11-12,15,19H,3,8-10H2,1-2H3,(H2,17,18). The van der Waals surface area contributed by atoms with Crippen LogP contribution in [0, 0.1) is 11.8 Å². The fourth-order valence-electron chi connectivity index (χ4n) is 2.69. The predicted molar refractivity (Wildman–Crippen MR) is 79.7 cm³/mol. The minimum absolute atomic E-state index is 0.132. The molecule has 3 N–H and O–H groups in total. The summed E-state index contributed by atoms with van der Waals surface area (Å²) in [7, 11) is 0. The van der Waals surface area contributed by atoms with Crippen LogP contribution in [0.5, 0.6) is 0 Å². The van der Waals surface area contributed by atoms with E-state index in [2.05, 4.69) is 19.0 Å². The van der Waals surface area contributed by atoms with Gasteiger partial charge in [-0.1, -0.05) is 43.3 Å². The highest BCUT2D eigenvalue weighted by atomic mass is 16.5. The van der Waals surface area contributed by atoms with Crippen molar-refractivity contribution in [2.45, 2.75) is 45.8 Å². The van der Waals surface area contributed by atoms with Crippen LogP contribution in [-0.4, -0.2) is 17.1 Å². The Kier molecular flexibility index (Phi) is 5.01. The zero-order valence-electron chi connectivity index (χ0n) is 12.2. The molecule has 0 amide bonds. The third kappa shape index (κ3) is 3.73. The second-order valence-electron chi connectivity index (χ2n) is 5.88. The summed E-state index contributed by atoms with van der Waals surface area (Å²) in [4.78, 5) is 0. The van der Waals surface area contributed by atoms with Gasteiger partial charge in [-0.05, 0) is 36.7 Å². The molecule has 1 aliphatic carbocycles. The molecule has 2 rings (SSSR count). The average Bonchev–Trinajstić information content (AvgIpc) is 2.48. The molecule has 0 heterocycles. The van der Waals surface area contributed by atoms with Gasteiger partial charge in [0.15, 0.2) is 5.84 Å². The van der Waals surface area contributed by atoms with Crippen molar-refractivity contribution < 1.29 is 9.94 Å². The number of ether oxygens (including phenoxy) is 1. The molecule has 0 spiro atoms. The molecule has 4 nitrogen and oxygen atoms in total. The molecule has 1 aromatic rings. The normalized spacial score (nSPS) is 27.5. The summed E-state index contributed by atoms with van der Waals surface area (Å²) in [5, 5.41) is 11.6. The Hall–Kier alpha value is -1.55. The van der Waals surface area contributed by atoms with Crippen molar-refractivity contribution in [3.8, 4) is 0 Å². The molecule has 4 heteroatoms. The number of benzene rings is 1. The predicted octanol–water partition coefficient (Wildman–Crippen LogP) is 3.12. The molecule has 0 radical (unpaired) electrons. The van der Waals surface area contributed by atoms with Crippen molar-refractivity contribution in [2.24, 2.45) is 22.7 Å². The molecular weight excluding hydrogens is 252 g/mol. The van der Waals surface area contributed by atoms with Gasteiger partial charge in [0, 0.05) is 5.56 Å². The maximum Gasteiger partial charge on any atom is 0.170 e. The van der Waals surface area contributed by atoms with Crippen molar-refractivity contribution in [1.29, 1.82) is 0 Å². The first-order chi connectivity index (χ1) is 9.60. The maximum atomic E-state index is 8.62. The fourth-order valence-corrected chi connectivity index (χ4v) is 2.69.